The highest BCUT2D eigenvalue weighted by Crippen LogP contribution is 2.34. The van der Waals surface area contributed by atoms with Crippen LogP contribution in [0.5, 0.6) is 0 Å². The fraction of sp³-hybridized carbons (Fsp3) is 0. The summed E-state index contributed by atoms with van der Waals surface area (Å²) >= 11 is 11.9. The van der Waals surface area contributed by atoms with Gasteiger partial charge in [-0.1, -0.05) is 39.6 Å². The Labute approximate surface area is 138 Å². The van der Waals surface area contributed by atoms with Gasteiger partial charge in [-0.05, 0) is 56.1 Å². The molecule has 0 unspecified atom stereocenters. The summed E-state index contributed by atoms with van der Waals surface area (Å²) in [6, 6.07) is 11.5. The fourth-order valence-corrected chi connectivity index (χ4v) is 5.76. The summed E-state index contributed by atoms with van der Waals surface area (Å²) < 4.78 is 5.36. The van der Waals surface area contributed by atoms with Gasteiger partial charge < -0.3 is 0 Å². The summed E-state index contributed by atoms with van der Waals surface area (Å²) in [6.45, 7) is 0. The average Bonchev–Trinajstić information content (AvgIpc) is 2.66. The molecule has 19 heavy (non-hydrogen) atoms. The molecule has 0 atom stereocenters. The van der Waals surface area contributed by atoms with E-state index in [4.69, 9.17) is 0 Å². The van der Waals surface area contributed by atoms with Gasteiger partial charge in [0.25, 0.3) is 5.56 Å². The molecule has 1 aromatic heterocycles. The molecular formula is C13H6Br3NOS. The van der Waals surface area contributed by atoms with Crippen LogP contribution < -0.4 is 5.56 Å². The van der Waals surface area contributed by atoms with E-state index in [0.717, 1.165) is 29.2 Å². The number of benzene rings is 2. The van der Waals surface area contributed by atoms with Gasteiger partial charge in [0.2, 0.25) is 0 Å². The van der Waals surface area contributed by atoms with Crippen LogP contribution in [0.25, 0.3) is 15.8 Å². The van der Waals surface area contributed by atoms with E-state index in [0.29, 0.717) is 0 Å². The summed E-state index contributed by atoms with van der Waals surface area (Å²) in [5, 5.41) is 0.745. The van der Waals surface area contributed by atoms with Gasteiger partial charge in [0, 0.05) is 13.4 Å². The number of nitrogens with zero attached hydrogens (tertiary/aromatic N) is 1. The van der Waals surface area contributed by atoms with Crippen molar-refractivity contribution in [3.8, 4) is 5.69 Å². The maximum Gasteiger partial charge on any atom is 0.273 e. The lowest BCUT2D eigenvalue weighted by atomic mass is 10.3. The maximum absolute atomic E-state index is 12.4. The minimum absolute atomic E-state index is 0.00400. The van der Waals surface area contributed by atoms with Crippen LogP contribution in [0.3, 0.4) is 0 Å². The quantitative estimate of drug-likeness (QED) is 0.477. The van der Waals surface area contributed by atoms with Crippen LogP contribution in [0.4, 0.5) is 0 Å². The van der Waals surface area contributed by atoms with Crippen molar-refractivity contribution in [1.29, 1.82) is 0 Å². The van der Waals surface area contributed by atoms with Crippen molar-refractivity contribution in [3.63, 3.8) is 0 Å². The standard InChI is InChI=1S/C13H6Br3NOS/c14-7-5-9(15)12(10(16)6-7)17-13(18)8-3-1-2-4-11(8)19-17/h1-6H. The summed E-state index contributed by atoms with van der Waals surface area (Å²) in [7, 11) is 0. The monoisotopic (exact) mass is 461 g/mol. The summed E-state index contributed by atoms with van der Waals surface area (Å²) in [6.07, 6.45) is 0. The molecule has 1 heterocycles. The van der Waals surface area contributed by atoms with E-state index < -0.39 is 0 Å². The van der Waals surface area contributed by atoms with Crippen molar-refractivity contribution in [3.05, 3.63) is 60.2 Å². The minimum atomic E-state index is 0.00400. The molecule has 3 aromatic rings. The summed E-state index contributed by atoms with van der Waals surface area (Å²) in [5.74, 6) is 0. The molecule has 0 aliphatic heterocycles. The van der Waals surface area contributed by atoms with E-state index in [2.05, 4.69) is 47.8 Å². The van der Waals surface area contributed by atoms with Crippen LogP contribution >= 0.6 is 59.3 Å². The van der Waals surface area contributed by atoms with E-state index in [1.54, 1.807) is 3.96 Å². The Morgan fingerprint density at radius 3 is 2.26 bits per heavy atom. The molecule has 0 spiro atoms. The molecule has 0 aliphatic rings. The number of rotatable bonds is 1. The van der Waals surface area contributed by atoms with Crippen molar-refractivity contribution >= 4 is 69.4 Å². The molecule has 2 aromatic carbocycles. The lowest BCUT2D eigenvalue weighted by Crippen LogP contribution is -2.11. The predicted molar refractivity (Wildman–Crippen MR) is 90.5 cm³/mol. The van der Waals surface area contributed by atoms with Crippen LogP contribution in [0.1, 0.15) is 0 Å². The predicted octanol–water partition coefficient (Wildman–Crippen LogP) is 5.34. The smallest absolute Gasteiger partial charge is 0.267 e. The SMILES string of the molecule is O=c1c2ccccc2sn1-c1c(Br)cc(Br)cc1Br. The second kappa shape index (κ2) is 5.16. The largest absolute Gasteiger partial charge is 0.273 e. The van der Waals surface area contributed by atoms with Crippen LogP contribution in [-0.2, 0) is 0 Å². The first-order valence-corrected chi connectivity index (χ1v) is 8.49. The molecule has 2 nitrogen and oxygen atoms in total. The van der Waals surface area contributed by atoms with Gasteiger partial charge in [0.05, 0.1) is 15.8 Å². The van der Waals surface area contributed by atoms with Crippen molar-refractivity contribution in [2.45, 2.75) is 0 Å². The van der Waals surface area contributed by atoms with E-state index in [1.807, 2.05) is 36.4 Å². The molecule has 3 rings (SSSR count). The minimum Gasteiger partial charge on any atom is -0.267 e. The fourth-order valence-electron chi connectivity index (χ4n) is 1.85. The zero-order valence-corrected chi connectivity index (χ0v) is 14.9. The van der Waals surface area contributed by atoms with E-state index in [-0.39, 0.29) is 5.56 Å². The van der Waals surface area contributed by atoms with Crippen LogP contribution in [-0.4, -0.2) is 3.96 Å². The molecule has 0 aliphatic carbocycles. The zero-order valence-electron chi connectivity index (χ0n) is 9.36. The van der Waals surface area contributed by atoms with E-state index in [1.165, 1.54) is 11.5 Å². The van der Waals surface area contributed by atoms with Gasteiger partial charge in [0.15, 0.2) is 0 Å². The third-order valence-corrected chi connectivity index (χ3v) is 5.43. The van der Waals surface area contributed by atoms with Crippen molar-refractivity contribution in [1.82, 2.24) is 3.96 Å². The topological polar surface area (TPSA) is 22.0 Å². The van der Waals surface area contributed by atoms with Gasteiger partial charge >= 0.3 is 0 Å². The lowest BCUT2D eigenvalue weighted by Gasteiger charge is -2.07. The molecule has 0 bridgehead atoms. The highest BCUT2D eigenvalue weighted by atomic mass is 79.9. The van der Waals surface area contributed by atoms with Crippen LogP contribution in [0.15, 0.2) is 54.6 Å². The maximum atomic E-state index is 12.4. The number of fused-ring (bicyclic) bond motifs is 1. The van der Waals surface area contributed by atoms with Gasteiger partial charge in [0.1, 0.15) is 0 Å². The van der Waals surface area contributed by atoms with Crippen LogP contribution in [0, 0.1) is 0 Å². The molecule has 96 valence electrons. The second-order valence-corrected chi connectivity index (χ2v) is 7.52. The number of hydrogen-bond acceptors (Lipinski definition) is 2. The number of halogens is 3. The Morgan fingerprint density at radius 1 is 1.00 bits per heavy atom. The first-order chi connectivity index (χ1) is 9.08. The van der Waals surface area contributed by atoms with E-state index in [9.17, 15) is 4.79 Å². The molecule has 0 N–H and O–H groups in total. The van der Waals surface area contributed by atoms with Gasteiger partial charge in [-0.15, -0.1) is 0 Å². The molecule has 0 amide bonds. The molecule has 0 saturated carbocycles. The van der Waals surface area contributed by atoms with Crippen LogP contribution in [0.2, 0.25) is 0 Å². The summed E-state index contributed by atoms with van der Waals surface area (Å²) in [4.78, 5) is 12.4. The van der Waals surface area contributed by atoms with Gasteiger partial charge in [-0.25, -0.2) is 3.96 Å². The second-order valence-electron chi connectivity index (χ2n) is 3.91. The third-order valence-electron chi connectivity index (χ3n) is 2.68. The van der Waals surface area contributed by atoms with Crippen molar-refractivity contribution < 1.29 is 0 Å². The number of hydrogen-bond donors (Lipinski definition) is 0. The number of aromatic nitrogens is 1. The molecule has 0 saturated heterocycles. The van der Waals surface area contributed by atoms with E-state index >= 15 is 0 Å². The molecule has 0 radical (unpaired) electrons. The molecule has 6 heteroatoms. The third kappa shape index (κ3) is 2.35. The highest BCUT2D eigenvalue weighted by molar-refractivity contribution is 9.11. The Kier molecular flexibility index (Phi) is 3.68. The lowest BCUT2D eigenvalue weighted by molar-refractivity contribution is 1.12. The molecular weight excluding hydrogens is 458 g/mol. The normalized spacial score (nSPS) is 11.1. The Bertz CT molecular complexity index is 814. The first-order valence-electron chi connectivity index (χ1n) is 5.34. The highest BCUT2D eigenvalue weighted by Gasteiger charge is 2.14. The first kappa shape index (κ1) is 13.5. The zero-order chi connectivity index (χ0) is 13.6. The Morgan fingerprint density at radius 2 is 1.63 bits per heavy atom. The van der Waals surface area contributed by atoms with Gasteiger partial charge in [-0.3, -0.25) is 4.79 Å². The summed E-state index contributed by atoms with van der Waals surface area (Å²) in [5.41, 5.74) is 0.832. The Hall–Kier alpha value is -0.430. The molecule has 0 fully saturated rings. The average molecular weight is 464 g/mol. The van der Waals surface area contributed by atoms with Crippen molar-refractivity contribution in [2.24, 2.45) is 0 Å². The van der Waals surface area contributed by atoms with Gasteiger partial charge in [-0.2, -0.15) is 0 Å². The Balaban J connectivity index is 2.37. The van der Waals surface area contributed by atoms with Crippen molar-refractivity contribution in [2.75, 3.05) is 0 Å².